The molecule has 130 valence electrons. The van der Waals surface area contributed by atoms with Gasteiger partial charge in [-0.1, -0.05) is 0 Å². The third-order valence-corrected chi connectivity index (χ3v) is 5.31. The number of imidazole rings is 1. The molecule has 0 saturated carbocycles. The first-order valence-electron chi connectivity index (χ1n) is 8.64. The second-order valence-corrected chi connectivity index (χ2v) is 7.39. The molecule has 25 heavy (non-hydrogen) atoms. The number of nitrogens with zero attached hydrogens (tertiary/aromatic N) is 5. The molecule has 0 amide bonds. The standard InChI is InChI=1S/C18H22N6S/c1-12-8-19-18(21-12)17-7-16(22-13(2)23-17)14-3-5-24(6-4-14)9-15-10-25-11-20-15/h7-8,10-11,14H,3-6,9H2,1-2H3,(H,19,21). The number of nitrogens with one attached hydrogen (secondary N) is 1. The maximum atomic E-state index is 4.71. The van der Waals surface area contributed by atoms with Crippen LogP contribution in [0.2, 0.25) is 0 Å². The first kappa shape index (κ1) is 16.4. The van der Waals surface area contributed by atoms with Crippen LogP contribution in [-0.2, 0) is 6.54 Å². The van der Waals surface area contributed by atoms with Gasteiger partial charge in [-0.15, -0.1) is 11.3 Å². The number of thiazole rings is 1. The van der Waals surface area contributed by atoms with Gasteiger partial charge in [0.15, 0.2) is 5.82 Å². The summed E-state index contributed by atoms with van der Waals surface area (Å²) in [7, 11) is 0. The predicted molar refractivity (Wildman–Crippen MR) is 98.5 cm³/mol. The Kier molecular flexibility index (Phi) is 4.59. The smallest absolute Gasteiger partial charge is 0.156 e. The van der Waals surface area contributed by atoms with Gasteiger partial charge in [0.05, 0.1) is 11.2 Å². The molecular formula is C18H22N6S. The SMILES string of the molecule is Cc1nc(-c2ncc(C)[nH]2)cc(C2CCN(Cc3cscn3)CC2)n1. The molecule has 1 aliphatic heterocycles. The Bertz CT molecular complexity index is 833. The van der Waals surface area contributed by atoms with E-state index in [2.05, 4.69) is 36.3 Å². The summed E-state index contributed by atoms with van der Waals surface area (Å²) >= 11 is 1.66. The zero-order valence-corrected chi connectivity index (χ0v) is 15.4. The maximum absolute atomic E-state index is 4.71. The number of H-pyrrole nitrogens is 1. The van der Waals surface area contributed by atoms with E-state index in [0.29, 0.717) is 5.92 Å². The molecule has 0 aromatic carbocycles. The van der Waals surface area contributed by atoms with Gasteiger partial charge in [0.2, 0.25) is 0 Å². The molecule has 0 aliphatic carbocycles. The number of hydrogen-bond donors (Lipinski definition) is 1. The summed E-state index contributed by atoms with van der Waals surface area (Å²) in [4.78, 5) is 23.8. The zero-order chi connectivity index (χ0) is 17.2. The van der Waals surface area contributed by atoms with Crippen LogP contribution in [0, 0.1) is 13.8 Å². The molecular weight excluding hydrogens is 332 g/mol. The number of aryl methyl sites for hydroxylation is 2. The maximum Gasteiger partial charge on any atom is 0.156 e. The minimum atomic E-state index is 0.489. The third kappa shape index (κ3) is 3.77. The number of hydrogen-bond acceptors (Lipinski definition) is 6. The van der Waals surface area contributed by atoms with E-state index in [9.17, 15) is 0 Å². The van der Waals surface area contributed by atoms with E-state index >= 15 is 0 Å². The average Bonchev–Trinajstić information content (AvgIpc) is 3.27. The Morgan fingerprint density at radius 2 is 2.04 bits per heavy atom. The minimum absolute atomic E-state index is 0.489. The highest BCUT2D eigenvalue weighted by Gasteiger charge is 2.23. The first-order chi connectivity index (χ1) is 12.2. The normalized spacial score (nSPS) is 16.4. The highest BCUT2D eigenvalue weighted by atomic mass is 32.1. The molecule has 1 fully saturated rings. The van der Waals surface area contributed by atoms with E-state index in [4.69, 9.17) is 4.98 Å². The van der Waals surface area contributed by atoms with Crippen molar-refractivity contribution in [1.82, 2.24) is 29.8 Å². The van der Waals surface area contributed by atoms with Crippen LogP contribution in [0.3, 0.4) is 0 Å². The van der Waals surface area contributed by atoms with Gasteiger partial charge >= 0.3 is 0 Å². The Hall–Kier alpha value is -2.12. The van der Waals surface area contributed by atoms with Gasteiger partial charge in [0.1, 0.15) is 11.5 Å². The average molecular weight is 354 g/mol. The number of aromatic nitrogens is 5. The first-order valence-corrected chi connectivity index (χ1v) is 9.58. The highest BCUT2D eigenvalue weighted by molar-refractivity contribution is 7.07. The fraction of sp³-hybridized carbons (Fsp3) is 0.444. The third-order valence-electron chi connectivity index (χ3n) is 4.68. The topological polar surface area (TPSA) is 70.6 Å². The lowest BCUT2D eigenvalue weighted by molar-refractivity contribution is 0.201. The van der Waals surface area contributed by atoms with Crippen molar-refractivity contribution in [3.05, 3.63) is 46.1 Å². The summed E-state index contributed by atoms with van der Waals surface area (Å²) in [6.07, 6.45) is 4.08. The van der Waals surface area contributed by atoms with Crippen molar-refractivity contribution in [2.24, 2.45) is 0 Å². The van der Waals surface area contributed by atoms with Gasteiger partial charge in [-0.05, 0) is 45.8 Å². The molecule has 0 spiro atoms. The highest BCUT2D eigenvalue weighted by Crippen LogP contribution is 2.29. The van der Waals surface area contributed by atoms with Crippen molar-refractivity contribution in [2.45, 2.75) is 39.2 Å². The Balaban J connectivity index is 1.46. The van der Waals surface area contributed by atoms with E-state index in [1.54, 1.807) is 11.3 Å². The monoisotopic (exact) mass is 354 g/mol. The molecule has 0 radical (unpaired) electrons. The van der Waals surface area contributed by atoms with E-state index in [1.165, 1.54) is 5.69 Å². The summed E-state index contributed by atoms with van der Waals surface area (Å²) in [5, 5.41) is 2.14. The van der Waals surface area contributed by atoms with Gasteiger partial charge in [-0.3, -0.25) is 4.90 Å². The number of rotatable bonds is 4. The lowest BCUT2D eigenvalue weighted by atomic mass is 9.92. The molecule has 7 heteroatoms. The largest absolute Gasteiger partial charge is 0.341 e. The van der Waals surface area contributed by atoms with Crippen molar-refractivity contribution < 1.29 is 0 Å². The summed E-state index contributed by atoms with van der Waals surface area (Å²) < 4.78 is 0. The molecule has 0 unspecified atom stereocenters. The van der Waals surface area contributed by atoms with Crippen LogP contribution in [0.1, 0.15) is 41.7 Å². The van der Waals surface area contributed by atoms with Crippen LogP contribution in [0.25, 0.3) is 11.5 Å². The molecule has 0 bridgehead atoms. The molecule has 4 heterocycles. The molecule has 6 nitrogen and oxygen atoms in total. The van der Waals surface area contributed by atoms with Gasteiger partial charge in [0.25, 0.3) is 0 Å². The molecule has 3 aromatic rings. The summed E-state index contributed by atoms with van der Waals surface area (Å²) in [6.45, 7) is 7.08. The van der Waals surface area contributed by atoms with Gasteiger partial charge in [-0.2, -0.15) is 0 Å². The van der Waals surface area contributed by atoms with Crippen molar-refractivity contribution in [2.75, 3.05) is 13.1 Å². The van der Waals surface area contributed by atoms with Crippen molar-refractivity contribution in [3.8, 4) is 11.5 Å². The predicted octanol–water partition coefficient (Wildman–Crippen LogP) is 3.32. The van der Waals surface area contributed by atoms with Crippen molar-refractivity contribution in [1.29, 1.82) is 0 Å². The number of aromatic amines is 1. The molecule has 1 aliphatic rings. The van der Waals surface area contributed by atoms with Gasteiger partial charge < -0.3 is 4.98 Å². The number of piperidine rings is 1. The quantitative estimate of drug-likeness (QED) is 0.778. The van der Waals surface area contributed by atoms with Crippen LogP contribution in [0.4, 0.5) is 0 Å². The van der Waals surface area contributed by atoms with E-state index in [1.807, 2.05) is 25.6 Å². The Labute approximate surface area is 151 Å². The molecule has 3 aromatic heterocycles. The molecule has 0 atom stereocenters. The second kappa shape index (κ2) is 7.01. The van der Waals surface area contributed by atoms with Gasteiger partial charge in [0, 0.05) is 35.4 Å². The van der Waals surface area contributed by atoms with E-state index in [-0.39, 0.29) is 0 Å². The van der Waals surface area contributed by atoms with E-state index < -0.39 is 0 Å². The fourth-order valence-corrected chi connectivity index (χ4v) is 3.95. The van der Waals surface area contributed by atoms with Gasteiger partial charge in [-0.25, -0.2) is 19.9 Å². The lowest BCUT2D eigenvalue weighted by Gasteiger charge is -2.31. The Morgan fingerprint density at radius 1 is 1.20 bits per heavy atom. The molecule has 1 N–H and O–H groups in total. The second-order valence-electron chi connectivity index (χ2n) is 6.67. The zero-order valence-electron chi connectivity index (χ0n) is 14.6. The van der Waals surface area contributed by atoms with E-state index in [0.717, 1.165) is 61.2 Å². The van der Waals surface area contributed by atoms with Crippen molar-refractivity contribution in [3.63, 3.8) is 0 Å². The van der Waals surface area contributed by atoms with Crippen LogP contribution < -0.4 is 0 Å². The summed E-state index contributed by atoms with van der Waals surface area (Å²) in [5.74, 6) is 2.12. The Morgan fingerprint density at radius 3 is 2.72 bits per heavy atom. The van der Waals surface area contributed by atoms with Crippen LogP contribution >= 0.6 is 11.3 Å². The minimum Gasteiger partial charge on any atom is -0.341 e. The molecule has 4 rings (SSSR count). The summed E-state index contributed by atoms with van der Waals surface area (Å²) in [5.41, 5.74) is 6.16. The fourth-order valence-electron chi connectivity index (χ4n) is 3.40. The summed E-state index contributed by atoms with van der Waals surface area (Å²) in [6, 6.07) is 2.10. The lowest BCUT2D eigenvalue weighted by Crippen LogP contribution is -2.32. The van der Waals surface area contributed by atoms with Crippen LogP contribution in [0.15, 0.2) is 23.2 Å². The number of likely N-dealkylation sites (tertiary alicyclic amines) is 1. The molecule has 1 saturated heterocycles. The van der Waals surface area contributed by atoms with Crippen molar-refractivity contribution >= 4 is 11.3 Å². The van der Waals surface area contributed by atoms with Crippen LogP contribution in [-0.4, -0.2) is 42.9 Å². The van der Waals surface area contributed by atoms with Crippen LogP contribution in [0.5, 0.6) is 0 Å².